The van der Waals surface area contributed by atoms with Crippen molar-refractivity contribution in [3.63, 3.8) is 0 Å². The second-order valence-electron chi connectivity index (χ2n) is 3.00. The molecule has 0 heterocycles. The molecule has 1 aromatic carbocycles. The number of alkyl halides is 3. The van der Waals surface area contributed by atoms with Crippen LogP contribution in [0.25, 0.3) is 0 Å². The van der Waals surface area contributed by atoms with Crippen LogP contribution >= 0.6 is 27.5 Å². The molecule has 0 radical (unpaired) electrons. The summed E-state index contributed by atoms with van der Waals surface area (Å²) in [6.45, 7) is 1.20. The van der Waals surface area contributed by atoms with E-state index in [0.29, 0.717) is 0 Å². The SMILES string of the molecule is CC(=O)Nc1cc(Cl)c(Br)c(C(F)(F)F)c1. The fraction of sp³-hybridized carbons (Fsp3) is 0.222. The van der Waals surface area contributed by atoms with E-state index in [9.17, 15) is 18.0 Å². The lowest BCUT2D eigenvalue weighted by atomic mass is 10.2. The highest BCUT2D eigenvalue weighted by Gasteiger charge is 2.34. The highest BCUT2D eigenvalue weighted by atomic mass is 79.9. The minimum atomic E-state index is -4.53. The fourth-order valence-electron chi connectivity index (χ4n) is 1.07. The highest BCUT2D eigenvalue weighted by molar-refractivity contribution is 9.10. The molecule has 0 aliphatic carbocycles. The van der Waals surface area contributed by atoms with Crippen LogP contribution in [-0.4, -0.2) is 5.91 Å². The Bertz CT molecular complexity index is 433. The molecular formula is C9H6BrClF3NO. The maximum absolute atomic E-state index is 12.5. The molecule has 0 fully saturated rings. The normalized spacial score (nSPS) is 11.4. The van der Waals surface area contributed by atoms with Gasteiger partial charge in [0.15, 0.2) is 0 Å². The third-order valence-corrected chi connectivity index (χ3v) is 3.03. The molecule has 0 saturated carbocycles. The summed E-state index contributed by atoms with van der Waals surface area (Å²) in [6.07, 6.45) is -4.53. The zero-order valence-corrected chi connectivity index (χ0v) is 10.3. The molecule has 0 aliphatic heterocycles. The molecule has 1 N–H and O–H groups in total. The first-order valence-electron chi connectivity index (χ1n) is 4.05. The maximum atomic E-state index is 12.5. The van der Waals surface area contributed by atoms with Gasteiger partial charge in [0.05, 0.1) is 10.6 Å². The molecule has 1 aromatic rings. The van der Waals surface area contributed by atoms with Gasteiger partial charge in [0.1, 0.15) is 0 Å². The number of anilines is 1. The summed E-state index contributed by atoms with van der Waals surface area (Å²) in [4.78, 5) is 10.7. The molecule has 0 saturated heterocycles. The average Bonchev–Trinajstić information content (AvgIpc) is 2.08. The van der Waals surface area contributed by atoms with Crippen molar-refractivity contribution >= 4 is 39.1 Å². The van der Waals surface area contributed by atoms with E-state index < -0.39 is 17.6 Å². The summed E-state index contributed by atoms with van der Waals surface area (Å²) in [5, 5.41) is 2.13. The van der Waals surface area contributed by atoms with Gasteiger partial charge in [-0.15, -0.1) is 0 Å². The van der Waals surface area contributed by atoms with Crippen LogP contribution in [0.1, 0.15) is 12.5 Å². The molecule has 1 rings (SSSR count). The first-order chi connectivity index (χ1) is 7.21. The molecule has 1 amide bonds. The largest absolute Gasteiger partial charge is 0.417 e. The lowest BCUT2D eigenvalue weighted by Crippen LogP contribution is -2.10. The van der Waals surface area contributed by atoms with Crippen molar-refractivity contribution in [3.05, 3.63) is 27.2 Å². The van der Waals surface area contributed by atoms with Gasteiger partial charge in [-0.25, -0.2) is 0 Å². The van der Waals surface area contributed by atoms with Gasteiger partial charge in [0, 0.05) is 17.1 Å². The van der Waals surface area contributed by atoms with Gasteiger partial charge in [0.25, 0.3) is 0 Å². The molecule has 2 nitrogen and oxygen atoms in total. The molecule has 0 aromatic heterocycles. The van der Waals surface area contributed by atoms with Crippen molar-refractivity contribution in [2.24, 2.45) is 0 Å². The van der Waals surface area contributed by atoms with Crippen molar-refractivity contribution in [1.82, 2.24) is 0 Å². The van der Waals surface area contributed by atoms with E-state index in [2.05, 4.69) is 21.2 Å². The van der Waals surface area contributed by atoms with E-state index in [0.717, 1.165) is 6.07 Å². The number of nitrogens with one attached hydrogen (secondary N) is 1. The van der Waals surface area contributed by atoms with Crippen LogP contribution in [0.5, 0.6) is 0 Å². The van der Waals surface area contributed by atoms with Crippen molar-refractivity contribution < 1.29 is 18.0 Å². The number of amides is 1. The van der Waals surface area contributed by atoms with Crippen LogP contribution in [0, 0.1) is 0 Å². The third kappa shape index (κ3) is 3.12. The summed E-state index contributed by atoms with van der Waals surface area (Å²) in [6, 6.07) is 2.06. The van der Waals surface area contributed by atoms with Crippen LogP contribution in [0.2, 0.25) is 5.02 Å². The Labute approximate surface area is 103 Å². The van der Waals surface area contributed by atoms with Crippen LogP contribution in [0.3, 0.4) is 0 Å². The molecule has 0 aliphatic rings. The third-order valence-electron chi connectivity index (χ3n) is 1.65. The molecular weight excluding hydrogens is 310 g/mol. The van der Waals surface area contributed by atoms with Crippen LogP contribution < -0.4 is 5.32 Å². The zero-order valence-electron chi connectivity index (χ0n) is 7.95. The highest BCUT2D eigenvalue weighted by Crippen LogP contribution is 2.40. The monoisotopic (exact) mass is 315 g/mol. The van der Waals surface area contributed by atoms with Crippen molar-refractivity contribution in [3.8, 4) is 0 Å². The molecule has 0 spiro atoms. The van der Waals surface area contributed by atoms with Crippen molar-refractivity contribution in [2.45, 2.75) is 13.1 Å². The average molecular weight is 317 g/mol. The maximum Gasteiger partial charge on any atom is 0.417 e. The van der Waals surface area contributed by atoms with Gasteiger partial charge in [0.2, 0.25) is 5.91 Å². The van der Waals surface area contributed by atoms with E-state index >= 15 is 0 Å². The number of rotatable bonds is 1. The molecule has 0 bridgehead atoms. The zero-order chi connectivity index (χ0) is 12.5. The second kappa shape index (κ2) is 4.63. The lowest BCUT2D eigenvalue weighted by molar-refractivity contribution is -0.138. The number of carbonyl (C=O) groups is 1. The van der Waals surface area contributed by atoms with E-state index in [-0.39, 0.29) is 15.2 Å². The summed E-state index contributed by atoms with van der Waals surface area (Å²) in [7, 11) is 0. The number of benzene rings is 1. The fourth-order valence-corrected chi connectivity index (χ4v) is 1.74. The van der Waals surface area contributed by atoms with Crippen LogP contribution in [0.15, 0.2) is 16.6 Å². The Hall–Kier alpha value is -0.750. The minimum absolute atomic E-state index is 0.00743. The summed E-state index contributed by atoms with van der Waals surface area (Å²) in [5.41, 5.74) is -0.920. The van der Waals surface area contributed by atoms with Gasteiger partial charge in [-0.1, -0.05) is 11.6 Å². The molecule has 0 unspecified atom stereocenters. The first kappa shape index (κ1) is 13.3. The first-order valence-corrected chi connectivity index (χ1v) is 5.22. The number of hydrogen-bond donors (Lipinski definition) is 1. The smallest absolute Gasteiger partial charge is 0.326 e. The molecule has 0 atom stereocenters. The predicted molar refractivity (Wildman–Crippen MR) is 58.5 cm³/mol. The minimum Gasteiger partial charge on any atom is -0.326 e. The Kier molecular flexibility index (Phi) is 3.85. The van der Waals surface area contributed by atoms with Gasteiger partial charge in [-0.2, -0.15) is 13.2 Å². The Morgan fingerprint density at radius 2 is 2.00 bits per heavy atom. The topological polar surface area (TPSA) is 29.1 Å². The number of hydrogen-bond acceptors (Lipinski definition) is 1. The molecule has 7 heteroatoms. The summed E-state index contributed by atoms with van der Waals surface area (Å²) < 4.78 is 37.4. The number of halogens is 5. The van der Waals surface area contributed by atoms with E-state index in [1.54, 1.807) is 0 Å². The van der Waals surface area contributed by atoms with Crippen LogP contribution in [-0.2, 0) is 11.0 Å². The van der Waals surface area contributed by atoms with Crippen LogP contribution in [0.4, 0.5) is 18.9 Å². The van der Waals surface area contributed by atoms with Crippen molar-refractivity contribution in [1.29, 1.82) is 0 Å². The number of carbonyl (C=O) groups excluding carboxylic acids is 1. The van der Waals surface area contributed by atoms with Gasteiger partial charge in [-0.05, 0) is 28.1 Å². The quantitative estimate of drug-likeness (QED) is 0.831. The molecule has 16 heavy (non-hydrogen) atoms. The van der Waals surface area contributed by atoms with E-state index in [1.165, 1.54) is 13.0 Å². The summed E-state index contributed by atoms with van der Waals surface area (Å²) >= 11 is 8.36. The van der Waals surface area contributed by atoms with Gasteiger partial charge in [-0.3, -0.25) is 4.79 Å². The van der Waals surface area contributed by atoms with Gasteiger partial charge >= 0.3 is 6.18 Å². The van der Waals surface area contributed by atoms with Gasteiger partial charge < -0.3 is 5.32 Å². The molecule has 88 valence electrons. The standard InChI is InChI=1S/C9H6BrClF3NO/c1-4(16)15-5-2-6(9(12,13)14)8(10)7(11)3-5/h2-3H,1H3,(H,15,16). The van der Waals surface area contributed by atoms with E-state index in [1.807, 2.05) is 0 Å². The second-order valence-corrected chi connectivity index (χ2v) is 4.20. The Morgan fingerprint density at radius 3 is 2.44 bits per heavy atom. The van der Waals surface area contributed by atoms with E-state index in [4.69, 9.17) is 11.6 Å². The Morgan fingerprint density at radius 1 is 1.44 bits per heavy atom. The predicted octanol–water partition coefficient (Wildman–Crippen LogP) is 4.08. The van der Waals surface area contributed by atoms with Crippen molar-refractivity contribution in [2.75, 3.05) is 5.32 Å². The Balaban J connectivity index is 3.28. The summed E-state index contributed by atoms with van der Waals surface area (Å²) in [5.74, 6) is -0.466. The lowest BCUT2D eigenvalue weighted by Gasteiger charge is -2.12.